The van der Waals surface area contributed by atoms with Crippen molar-refractivity contribution in [3.05, 3.63) is 78.5 Å². The molecule has 1 aromatic heterocycles. The molecule has 0 unspecified atom stereocenters. The number of para-hydroxylation sites is 2. The van der Waals surface area contributed by atoms with E-state index in [2.05, 4.69) is 46.4 Å². The first-order valence-electron chi connectivity index (χ1n) is 13.5. The summed E-state index contributed by atoms with van der Waals surface area (Å²) in [5.41, 5.74) is 5.68. The molecule has 0 aliphatic carbocycles. The van der Waals surface area contributed by atoms with Crippen molar-refractivity contribution in [1.82, 2.24) is 9.88 Å². The first kappa shape index (κ1) is 24.5. The Morgan fingerprint density at radius 3 is 2.79 bits per heavy atom. The molecule has 6 rings (SSSR count). The second-order valence-corrected chi connectivity index (χ2v) is 10.1. The van der Waals surface area contributed by atoms with E-state index in [-0.39, 0.29) is 5.91 Å². The molecule has 3 aromatic carbocycles. The number of anilines is 2. The Kier molecular flexibility index (Phi) is 7.03. The molecule has 2 aliphatic heterocycles. The minimum atomic E-state index is -0.0148. The number of nitrogens with one attached hydrogen (secondary N) is 2. The number of benzene rings is 3. The number of aromatic nitrogens is 1. The lowest BCUT2D eigenvalue weighted by atomic mass is 10.0. The van der Waals surface area contributed by atoms with Gasteiger partial charge in [-0.2, -0.15) is 0 Å². The van der Waals surface area contributed by atoms with Crippen molar-refractivity contribution in [2.45, 2.75) is 19.4 Å². The lowest BCUT2D eigenvalue weighted by Crippen LogP contribution is -2.38. The normalized spacial score (nSPS) is 18.0. The molecular weight excluding hydrogens is 476 g/mol. The molecule has 7 nitrogen and oxygen atoms in total. The van der Waals surface area contributed by atoms with E-state index in [0.29, 0.717) is 24.8 Å². The van der Waals surface area contributed by atoms with Crippen LogP contribution in [0.4, 0.5) is 11.4 Å². The maximum Gasteiger partial charge on any atom is 0.258 e. The number of hydrogen-bond acceptors (Lipinski definition) is 5. The Morgan fingerprint density at radius 2 is 1.89 bits per heavy atom. The average molecular weight is 511 g/mol. The Labute approximate surface area is 223 Å². The summed E-state index contributed by atoms with van der Waals surface area (Å²) in [6.45, 7) is 7.53. The van der Waals surface area contributed by atoms with Gasteiger partial charge in [0.25, 0.3) is 5.91 Å². The van der Waals surface area contributed by atoms with Crippen LogP contribution in [0.1, 0.15) is 23.7 Å². The van der Waals surface area contributed by atoms with E-state index >= 15 is 0 Å². The number of fused-ring (bicyclic) bond motifs is 2. The zero-order valence-electron chi connectivity index (χ0n) is 21.8. The first-order valence-corrected chi connectivity index (χ1v) is 13.5. The molecule has 0 saturated carbocycles. The van der Waals surface area contributed by atoms with E-state index in [1.165, 1.54) is 0 Å². The summed E-state index contributed by atoms with van der Waals surface area (Å²) in [6.07, 6.45) is 2.82. The van der Waals surface area contributed by atoms with Crippen LogP contribution in [0.2, 0.25) is 0 Å². The topological polar surface area (TPSA) is 69.8 Å². The maximum absolute atomic E-state index is 13.9. The third-order valence-electron chi connectivity index (χ3n) is 7.49. The largest absolute Gasteiger partial charge is 0.492 e. The molecular formula is C31H34N4O3. The van der Waals surface area contributed by atoms with Crippen LogP contribution >= 0.6 is 0 Å². The zero-order valence-corrected chi connectivity index (χ0v) is 21.8. The van der Waals surface area contributed by atoms with Gasteiger partial charge in [0, 0.05) is 55.1 Å². The number of carbonyl (C=O) groups is 1. The van der Waals surface area contributed by atoms with Crippen LogP contribution < -0.4 is 15.0 Å². The van der Waals surface area contributed by atoms with Gasteiger partial charge >= 0.3 is 0 Å². The summed E-state index contributed by atoms with van der Waals surface area (Å²) in [5, 5.41) is 4.68. The summed E-state index contributed by atoms with van der Waals surface area (Å²) in [7, 11) is 0. The molecule has 7 heteroatoms. The zero-order chi connectivity index (χ0) is 25.9. The summed E-state index contributed by atoms with van der Waals surface area (Å²) in [4.78, 5) is 21.4. The number of hydrogen-bond donors (Lipinski definition) is 2. The number of ether oxygens (including phenoxy) is 2. The van der Waals surface area contributed by atoms with Crippen molar-refractivity contribution in [2.75, 3.05) is 56.2 Å². The number of morpholine rings is 1. The van der Waals surface area contributed by atoms with Gasteiger partial charge < -0.3 is 24.7 Å². The van der Waals surface area contributed by atoms with Gasteiger partial charge in [-0.25, -0.2) is 0 Å². The highest BCUT2D eigenvalue weighted by molar-refractivity contribution is 6.08. The monoisotopic (exact) mass is 510 g/mol. The fraction of sp³-hybridized carbons (Fsp3) is 0.323. The standard InChI is InChI=1S/C31H34N4O3/c1-22-11-13-35(29-5-3-2-4-28(29)33-22)31(36)25-6-8-26(23-7-9-27-24(20-23)10-12-32-27)30(21-25)38-19-16-34-14-17-37-18-15-34/h2-10,12,20-22,32-33H,11,13-19H2,1H3/t22-/m1/s1. The second kappa shape index (κ2) is 10.9. The summed E-state index contributed by atoms with van der Waals surface area (Å²) < 4.78 is 11.9. The van der Waals surface area contributed by atoms with Gasteiger partial charge in [-0.05, 0) is 72.8 Å². The minimum absolute atomic E-state index is 0.0148. The second-order valence-electron chi connectivity index (χ2n) is 10.1. The lowest BCUT2D eigenvalue weighted by molar-refractivity contribution is 0.0323. The number of nitrogens with zero attached hydrogens (tertiary/aromatic N) is 2. The molecule has 0 radical (unpaired) electrons. The summed E-state index contributed by atoms with van der Waals surface area (Å²) in [5.74, 6) is 0.715. The molecule has 38 heavy (non-hydrogen) atoms. The SMILES string of the molecule is C[C@@H]1CCN(C(=O)c2ccc(-c3ccc4[nH]ccc4c3)c(OCCN3CCOCC3)c2)c2ccccc2N1. The van der Waals surface area contributed by atoms with Gasteiger partial charge in [0.1, 0.15) is 12.4 Å². The van der Waals surface area contributed by atoms with E-state index < -0.39 is 0 Å². The number of carbonyl (C=O) groups excluding carboxylic acids is 1. The van der Waals surface area contributed by atoms with Crippen molar-refractivity contribution >= 4 is 28.2 Å². The highest BCUT2D eigenvalue weighted by atomic mass is 16.5. The van der Waals surface area contributed by atoms with E-state index in [4.69, 9.17) is 9.47 Å². The van der Waals surface area contributed by atoms with Crippen molar-refractivity contribution in [3.8, 4) is 16.9 Å². The Bertz CT molecular complexity index is 1430. The fourth-order valence-corrected chi connectivity index (χ4v) is 5.32. The molecule has 3 heterocycles. The van der Waals surface area contributed by atoms with Gasteiger partial charge in [-0.1, -0.05) is 18.2 Å². The Balaban J connectivity index is 1.31. The number of rotatable bonds is 6. The number of amides is 1. The van der Waals surface area contributed by atoms with Crippen LogP contribution in [0.25, 0.3) is 22.0 Å². The van der Waals surface area contributed by atoms with Gasteiger partial charge in [0.15, 0.2) is 0 Å². The fourth-order valence-electron chi connectivity index (χ4n) is 5.32. The average Bonchev–Trinajstić information content (AvgIpc) is 3.35. The Morgan fingerprint density at radius 1 is 1.03 bits per heavy atom. The van der Waals surface area contributed by atoms with Crippen LogP contribution in [0.15, 0.2) is 72.9 Å². The number of H-pyrrole nitrogens is 1. The van der Waals surface area contributed by atoms with E-state index in [1.807, 2.05) is 53.6 Å². The van der Waals surface area contributed by atoms with Gasteiger partial charge in [0.2, 0.25) is 0 Å². The summed E-state index contributed by atoms with van der Waals surface area (Å²) >= 11 is 0. The van der Waals surface area contributed by atoms with Crippen molar-refractivity contribution in [3.63, 3.8) is 0 Å². The highest BCUT2D eigenvalue weighted by Crippen LogP contribution is 2.35. The van der Waals surface area contributed by atoms with Gasteiger partial charge in [-0.3, -0.25) is 9.69 Å². The molecule has 196 valence electrons. The molecule has 0 bridgehead atoms. The predicted molar refractivity (Wildman–Crippen MR) is 152 cm³/mol. The third-order valence-corrected chi connectivity index (χ3v) is 7.49. The van der Waals surface area contributed by atoms with Crippen LogP contribution in [-0.4, -0.2) is 67.8 Å². The van der Waals surface area contributed by atoms with E-state index in [0.717, 1.165) is 78.4 Å². The molecule has 1 amide bonds. The molecule has 0 spiro atoms. The molecule has 2 aliphatic rings. The lowest BCUT2D eigenvalue weighted by Gasteiger charge is -2.26. The van der Waals surface area contributed by atoms with Crippen molar-refractivity contribution < 1.29 is 14.3 Å². The van der Waals surface area contributed by atoms with Crippen molar-refractivity contribution in [1.29, 1.82) is 0 Å². The minimum Gasteiger partial charge on any atom is -0.492 e. The smallest absolute Gasteiger partial charge is 0.258 e. The Hall–Kier alpha value is -3.81. The molecule has 1 fully saturated rings. The molecule has 1 saturated heterocycles. The maximum atomic E-state index is 13.9. The van der Waals surface area contributed by atoms with Crippen molar-refractivity contribution in [2.24, 2.45) is 0 Å². The van der Waals surface area contributed by atoms with E-state index in [1.54, 1.807) is 0 Å². The molecule has 1 atom stereocenters. The van der Waals surface area contributed by atoms with Gasteiger partial charge in [0.05, 0.1) is 24.6 Å². The predicted octanol–water partition coefficient (Wildman–Crippen LogP) is 5.40. The van der Waals surface area contributed by atoms with Gasteiger partial charge in [-0.15, -0.1) is 0 Å². The molecule has 4 aromatic rings. The van der Waals surface area contributed by atoms with Crippen LogP contribution in [0, 0.1) is 0 Å². The number of aromatic amines is 1. The van der Waals surface area contributed by atoms with Crippen LogP contribution in [0.5, 0.6) is 5.75 Å². The molecule has 2 N–H and O–H groups in total. The third kappa shape index (κ3) is 5.12. The van der Waals surface area contributed by atoms with E-state index in [9.17, 15) is 4.79 Å². The first-order chi connectivity index (χ1) is 18.7. The highest BCUT2D eigenvalue weighted by Gasteiger charge is 2.25. The summed E-state index contributed by atoms with van der Waals surface area (Å²) in [6, 6.07) is 22.6. The van der Waals surface area contributed by atoms with Crippen LogP contribution in [-0.2, 0) is 4.74 Å². The quantitative estimate of drug-likeness (QED) is 0.364. The van der Waals surface area contributed by atoms with Crippen LogP contribution in [0.3, 0.4) is 0 Å².